The fraction of sp³-hybridized carbons (Fsp3) is 0.636. The zero-order valence-electron chi connectivity index (χ0n) is 10.2. The number of piperidine rings is 1. The maximum atomic E-state index is 11.5. The van der Waals surface area contributed by atoms with Crippen molar-refractivity contribution in [2.24, 2.45) is 0 Å². The largest absolute Gasteiger partial charge is 0.489 e. The zero-order valence-corrected chi connectivity index (χ0v) is 10.2. The van der Waals surface area contributed by atoms with Gasteiger partial charge in [0, 0.05) is 5.54 Å². The Morgan fingerprint density at radius 2 is 2.18 bits per heavy atom. The topological polar surface area (TPSA) is 79.0 Å². The van der Waals surface area contributed by atoms with Crippen LogP contribution in [0.5, 0.6) is 5.75 Å². The molecule has 6 nitrogen and oxygen atoms in total. The van der Waals surface area contributed by atoms with E-state index in [1.54, 1.807) is 0 Å². The highest BCUT2D eigenvalue weighted by Crippen LogP contribution is 2.25. The van der Waals surface area contributed by atoms with Gasteiger partial charge in [0.1, 0.15) is 0 Å². The van der Waals surface area contributed by atoms with Gasteiger partial charge in [0.2, 0.25) is 5.75 Å². The lowest BCUT2D eigenvalue weighted by Crippen LogP contribution is -2.45. The molecule has 0 unspecified atom stereocenters. The van der Waals surface area contributed by atoms with E-state index < -0.39 is 0 Å². The Balaban J connectivity index is 2.23. The van der Waals surface area contributed by atoms with Crippen molar-refractivity contribution in [2.75, 3.05) is 25.5 Å². The molecule has 1 saturated heterocycles. The highest BCUT2D eigenvalue weighted by Gasteiger charge is 2.28. The summed E-state index contributed by atoms with van der Waals surface area (Å²) in [4.78, 5) is 18.2. The van der Waals surface area contributed by atoms with Crippen LogP contribution in [0.15, 0.2) is 11.1 Å². The Bertz CT molecular complexity index is 437. The number of anilines is 1. The third-order valence-electron chi connectivity index (χ3n) is 3.14. The van der Waals surface area contributed by atoms with Crippen LogP contribution < -0.4 is 20.9 Å². The number of hydrogen-bond acceptors (Lipinski definition) is 5. The minimum Gasteiger partial charge on any atom is -0.489 e. The van der Waals surface area contributed by atoms with E-state index in [9.17, 15) is 4.79 Å². The van der Waals surface area contributed by atoms with Gasteiger partial charge in [-0.3, -0.25) is 4.79 Å². The molecule has 6 heteroatoms. The molecule has 3 N–H and O–H groups in total. The monoisotopic (exact) mass is 238 g/mol. The lowest BCUT2D eigenvalue weighted by Gasteiger charge is -2.35. The van der Waals surface area contributed by atoms with E-state index in [0.29, 0.717) is 5.82 Å². The number of nitrogens with one attached hydrogen (secondary N) is 3. The summed E-state index contributed by atoms with van der Waals surface area (Å²) in [5.74, 6) is 0.757. The van der Waals surface area contributed by atoms with Crippen LogP contribution in [0.1, 0.15) is 19.8 Å². The average molecular weight is 238 g/mol. The molecule has 0 spiro atoms. The molecule has 1 fully saturated rings. The summed E-state index contributed by atoms with van der Waals surface area (Å²) < 4.78 is 5.08. The molecule has 1 aromatic rings. The Morgan fingerprint density at radius 3 is 2.82 bits per heavy atom. The normalized spacial score (nSPS) is 18.7. The van der Waals surface area contributed by atoms with Crippen molar-refractivity contribution in [1.82, 2.24) is 15.3 Å². The van der Waals surface area contributed by atoms with Crippen molar-refractivity contribution >= 4 is 5.82 Å². The molecule has 0 atom stereocenters. The molecular formula is C11H18N4O2. The van der Waals surface area contributed by atoms with Crippen molar-refractivity contribution in [3.05, 3.63) is 16.7 Å². The van der Waals surface area contributed by atoms with Crippen LogP contribution in [0.3, 0.4) is 0 Å². The van der Waals surface area contributed by atoms with Crippen molar-refractivity contribution < 1.29 is 4.74 Å². The predicted octanol–water partition coefficient (Wildman–Crippen LogP) is 0.333. The van der Waals surface area contributed by atoms with Crippen LogP contribution in [-0.2, 0) is 0 Å². The van der Waals surface area contributed by atoms with Gasteiger partial charge in [0.05, 0.1) is 13.4 Å². The first kappa shape index (κ1) is 11.9. The number of methoxy groups -OCH3 is 1. The molecule has 1 aliphatic heterocycles. The maximum Gasteiger partial charge on any atom is 0.295 e. The van der Waals surface area contributed by atoms with Gasteiger partial charge in [-0.15, -0.1) is 0 Å². The number of H-pyrrole nitrogens is 1. The number of aromatic nitrogens is 2. The molecular weight excluding hydrogens is 220 g/mol. The lowest BCUT2D eigenvalue weighted by atomic mass is 9.90. The van der Waals surface area contributed by atoms with Crippen molar-refractivity contribution in [3.63, 3.8) is 0 Å². The summed E-state index contributed by atoms with van der Waals surface area (Å²) in [5, 5.41) is 6.63. The number of ether oxygens (including phenoxy) is 1. The van der Waals surface area contributed by atoms with Gasteiger partial charge in [0.15, 0.2) is 5.82 Å². The van der Waals surface area contributed by atoms with E-state index in [1.807, 2.05) is 0 Å². The summed E-state index contributed by atoms with van der Waals surface area (Å²) >= 11 is 0. The molecule has 2 rings (SSSR count). The maximum absolute atomic E-state index is 11.5. The van der Waals surface area contributed by atoms with E-state index in [4.69, 9.17) is 4.74 Å². The van der Waals surface area contributed by atoms with E-state index in [2.05, 4.69) is 27.5 Å². The molecule has 0 radical (unpaired) electrons. The molecule has 0 aliphatic carbocycles. The fourth-order valence-electron chi connectivity index (χ4n) is 2.05. The van der Waals surface area contributed by atoms with Gasteiger partial charge < -0.3 is 20.4 Å². The molecule has 1 aromatic heterocycles. The Kier molecular flexibility index (Phi) is 3.33. The van der Waals surface area contributed by atoms with Crippen LogP contribution in [0.4, 0.5) is 5.82 Å². The Labute approximate surface area is 99.8 Å². The first-order valence-corrected chi connectivity index (χ1v) is 5.75. The van der Waals surface area contributed by atoms with E-state index in [0.717, 1.165) is 25.9 Å². The van der Waals surface area contributed by atoms with Gasteiger partial charge in [-0.1, -0.05) is 0 Å². The zero-order chi connectivity index (χ0) is 12.3. The third kappa shape index (κ3) is 2.58. The smallest absolute Gasteiger partial charge is 0.295 e. The second-order valence-corrected chi connectivity index (χ2v) is 4.55. The van der Waals surface area contributed by atoms with Gasteiger partial charge in [-0.25, -0.2) is 4.98 Å². The summed E-state index contributed by atoms with van der Waals surface area (Å²) in [6.07, 6.45) is 3.37. The lowest BCUT2D eigenvalue weighted by molar-refractivity contribution is 0.358. The Morgan fingerprint density at radius 1 is 1.47 bits per heavy atom. The number of nitrogens with zero attached hydrogens (tertiary/aromatic N) is 1. The molecule has 17 heavy (non-hydrogen) atoms. The first-order chi connectivity index (χ1) is 8.14. The van der Waals surface area contributed by atoms with E-state index >= 15 is 0 Å². The quantitative estimate of drug-likeness (QED) is 0.707. The van der Waals surface area contributed by atoms with Gasteiger partial charge in [-0.2, -0.15) is 0 Å². The summed E-state index contributed by atoms with van der Waals surface area (Å²) in [6.45, 7) is 4.07. The molecule has 0 amide bonds. The van der Waals surface area contributed by atoms with Crippen LogP contribution in [0.25, 0.3) is 0 Å². The van der Waals surface area contributed by atoms with Crippen LogP contribution in [-0.4, -0.2) is 35.7 Å². The minimum atomic E-state index is -0.262. The van der Waals surface area contributed by atoms with Crippen LogP contribution in [0, 0.1) is 0 Å². The molecule has 0 bridgehead atoms. The molecule has 94 valence electrons. The molecule has 0 saturated carbocycles. The van der Waals surface area contributed by atoms with Gasteiger partial charge in [0.25, 0.3) is 5.56 Å². The average Bonchev–Trinajstić information content (AvgIpc) is 2.30. The second-order valence-electron chi connectivity index (χ2n) is 4.55. The highest BCUT2D eigenvalue weighted by molar-refractivity contribution is 5.49. The van der Waals surface area contributed by atoms with Crippen LogP contribution >= 0.6 is 0 Å². The van der Waals surface area contributed by atoms with Gasteiger partial charge >= 0.3 is 0 Å². The SMILES string of the molecule is COc1c(NC2(C)CCNCC2)nc[nH]c1=O. The summed E-state index contributed by atoms with van der Waals surface area (Å²) in [7, 11) is 1.47. The number of aromatic amines is 1. The second kappa shape index (κ2) is 4.75. The third-order valence-corrected chi connectivity index (χ3v) is 3.14. The molecule has 1 aliphatic rings. The number of rotatable bonds is 3. The summed E-state index contributed by atoms with van der Waals surface area (Å²) in [5.41, 5.74) is -0.304. The highest BCUT2D eigenvalue weighted by atomic mass is 16.5. The first-order valence-electron chi connectivity index (χ1n) is 5.75. The van der Waals surface area contributed by atoms with Gasteiger partial charge in [-0.05, 0) is 32.9 Å². The van der Waals surface area contributed by atoms with E-state index in [-0.39, 0.29) is 16.8 Å². The summed E-state index contributed by atoms with van der Waals surface area (Å²) in [6, 6.07) is 0. The Hall–Kier alpha value is -1.56. The van der Waals surface area contributed by atoms with E-state index in [1.165, 1.54) is 13.4 Å². The van der Waals surface area contributed by atoms with Crippen LogP contribution in [0.2, 0.25) is 0 Å². The fourth-order valence-corrected chi connectivity index (χ4v) is 2.05. The standard InChI is InChI=1S/C11H18N4O2/c1-11(3-5-12-6-4-11)15-9-8(17-2)10(16)14-7-13-9/h7,12H,3-6H2,1-2H3,(H2,13,14,15,16). The molecule has 0 aromatic carbocycles. The number of hydrogen-bond donors (Lipinski definition) is 3. The predicted molar refractivity (Wildman–Crippen MR) is 65.5 cm³/mol. The van der Waals surface area contributed by atoms with Crippen molar-refractivity contribution in [2.45, 2.75) is 25.3 Å². The molecule has 2 heterocycles. The minimum absolute atomic E-state index is 0.0423. The van der Waals surface area contributed by atoms with Crippen molar-refractivity contribution in [3.8, 4) is 5.75 Å². The van der Waals surface area contributed by atoms with Crippen molar-refractivity contribution in [1.29, 1.82) is 0 Å².